The molecule has 0 spiro atoms. The summed E-state index contributed by atoms with van der Waals surface area (Å²) in [5.41, 5.74) is 2.84. The first-order chi connectivity index (χ1) is 13.7. The Morgan fingerprint density at radius 3 is 2.68 bits per heavy atom. The molecule has 2 N–H and O–H groups in total. The van der Waals surface area contributed by atoms with Crippen LogP contribution < -0.4 is 5.32 Å². The molecular formula is C22H28ClN3O2. The normalized spacial score (nSPS) is 23.5. The molecule has 1 aliphatic carbocycles. The van der Waals surface area contributed by atoms with Gasteiger partial charge in [0, 0.05) is 36.7 Å². The largest absolute Gasteiger partial charge is 0.393 e. The van der Waals surface area contributed by atoms with Gasteiger partial charge in [-0.15, -0.1) is 0 Å². The molecule has 0 atom stereocenters. The van der Waals surface area contributed by atoms with Crippen LogP contribution in [0.25, 0.3) is 11.3 Å². The lowest BCUT2D eigenvalue weighted by molar-refractivity contribution is 0.0904. The van der Waals surface area contributed by atoms with Crippen molar-refractivity contribution in [2.75, 3.05) is 18.5 Å². The Hall–Kier alpha value is -1.69. The lowest BCUT2D eigenvalue weighted by Crippen LogP contribution is -2.28. The third-order valence-electron chi connectivity index (χ3n) is 5.82. The lowest BCUT2D eigenvalue weighted by Gasteiger charge is -2.25. The SMILES string of the molecule is OC1CCC(Cc2cc(-c3cccc(NC4CCOCC4)n3)c(Cl)cn2)CC1. The fourth-order valence-corrected chi connectivity index (χ4v) is 4.35. The van der Waals surface area contributed by atoms with E-state index in [2.05, 4.69) is 16.4 Å². The Morgan fingerprint density at radius 1 is 1.11 bits per heavy atom. The zero-order valence-corrected chi connectivity index (χ0v) is 16.9. The molecule has 3 heterocycles. The molecule has 5 nitrogen and oxygen atoms in total. The Bertz CT molecular complexity index is 787. The first-order valence-electron chi connectivity index (χ1n) is 10.3. The van der Waals surface area contributed by atoms with E-state index in [0.717, 1.165) is 80.9 Å². The zero-order chi connectivity index (χ0) is 19.3. The second-order valence-electron chi connectivity index (χ2n) is 7.97. The molecule has 150 valence electrons. The summed E-state index contributed by atoms with van der Waals surface area (Å²) < 4.78 is 5.43. The van der Waals surface area contributed by atoms with Crippen LogP contribution in [0.3, 0.4) is 0 Å². The molecule has 2 aliphatic rings. The van der Waals surface area contributed by atoms with Gasteiger partial charge in [-0.2, -0.15) is 0 Å². The van der Waals surface area contributed by atoms with E-state index in [-0.39, 0.29) is 6.10 Å². The van der Waals surface area contributed by atoms with E-state index < -0.39 is 0 Å². The van der Waals surface area contributed by atoms with Gasteiger partial charge >= 0.3 is 0 Å². The van der Waals surface area contributed by atoms with Gasteiger partial charge in [0.15, 0.2) is 0 Å². The first-order valence-corrected chi connectivity index (χ1v) is 10.7. The van der Waals surface area contributed by atoms with E-state index in [1.807, 2.05) is 18.2 Å². The van der Waals surface area contributed by atoms with Gasteiger partial charge in [-0.3, -0.25) is 4.98 Å². The molecule has 0 radical (unpaired) electrons. The number of halogens is 1. The Morgan fingerprint density at radius 2 is 1.89 bits per heavy atom. The molecule has 0 bridgehead atoms. The fraction of sp³-hybridized carbons (Fsp3) is 0.545. The number of ether oxygens (including phenoxy) is 1. The molecule has 6 heteroatoms. The summed E-state index contributed by atoms with van der Waals surface area (Å²) in [6, 6.07) is 8.50. The monoisotopic (exact) mass is 401 g/mol. The third kappa shape index (κ3) is 5.02. The average Bonchev–Trinajstić information content (AvgIpc) is 2.72. The minimum atomic E-state index is -0.125. The summed E-state index contributed by atoms with van der Waals surface area (Å²) in [5, 5.41) is 13.9. The van der Waals surface area contributed by atoms with Crippen molar-refractivity contribution in [2.24, 2.45) is 5.92 Å². The first kappa shape index (κ1) is 19.6. The van der Waals surface area contributed by atoms with Gasteiger partial charge < -0.3 is 15.2 Å². The topological polar surface area (TPSA) is 67.3 Å². The van der Waals surface area contributed by atoms with Crippen LogP contribution in [0.4, 0.5) is 5.82 Å². The van der Waals surface area contributed by atoms with Crippen molar-refractivity contribution in [1.29, 1.82) is 0 Å². The van der Waals surface area contributed by atoms with Crippen molar-refractivity contribution in [3.05, 3.63) is 41.2 Å². The second-order valence-corrected chi connectivity index (χ2v) is 8.38. The number of nitrogens with one attached hydrogen (secondary N) is 1. The molecule has 1 saturated carbocycles. The van der Waals surface area contributed by atoms with Gasteiger partial charge in [0.2, 0.25) is 0 Å². The molecule has 0 aromatic carbocycles. The number of pyridine rings is 2. The van der Waals surface area contributed by atoms with E-state index in [1.54, 1.807) is 6.20 Å². The third-order valence-corrected chi connectivity index (χ3v) is 6.13. The molecule has 4 rings (SSSR count). The number of aliphatic hydroxyl groups is 1. The maximum Gasteiger partial charge on any atom is 0.126 e. The predicted octanol–water partition coefficient (Wildman–Crippen LogP) is 4.48. The Balaban J connectivity index is 1.49. The average molecular weight is 402 g/mol. The van der Waals surface area contributed by atoms with Crippen molar-refractivity contribution in [2.45, 2.75) is 57.1 Å². The quantitative estimate of drug-likeness (QED) is 0.773. The molecule has 1 saturated heterocycles. The minimum Gasteiger partial charge on any atom is -0.393 e. The summed E-state index contributed by atoms with van der Waals surface area (Å²) in [6.45, 7) is 1.60. The van der Waals surface area contributed by atoms with E-state index in [0.29, 0.717) is 17.0 Å². The maximum atomic E-state index is 9.71. The number of hydrogen-bond acceptors (Lipinski definition) is 5. The van der Waals surface area contributed by atoms with E-state index in [9.17, 15) is 5.11 Å². The highest BCUT2D eigenvalue weighted by molar-refractivity contribution is 6.33. The molecule has 28 heavy (non-hydrogen) atoms. The number of aromatic nitrogens is 2. The van der Waals surface area contributed by atoms with Crippen LogP contribution in [0.5, 0.6) is 0 Å². The number of anilines is 1. The number of aliphatic hydroxyl groups excluding tert-OH is 1. The van der Waals surface area contributed by atoms with Gasteiger partial charge in [-0.05, 0) is 69.1 Å². The van der Waals surface area contributed by atoms with Crippen LogP contribution in [0.15, 0.2) is 30.5 Å². The van der Waals surface area contributed by atoms with E-state index in [1.165, 1.54) is 0 Å². The number of nitrogens with zero attached hydrogens (tertiary/aromatic N) is 2. The van der Waals surface area contributed by atoms with Crippen molar-refractivity contribution < 1.29 is 9.84 Å². The summed E-state index contributed by atoms with van der Waals surface area (Å²) in [7, 11) is 0. The molecule has 0 unspecified atom stereocenters. The minimum absolute atomic E-state index is 0.125. The van der Waals surface area contributed by atoms with Gasteiger partial charge in [-0.1, -0.05) is 17.7 Å². The highest BCUT2D eigenvalue weighted by atomic mass is 35.5. The highest BCUT2D eigenvalue weighted by Gasteiger charge is 2.21. The molecule has 2 fully saturated rings. The van der Waals surface area contributed by atoms with Crippen LogP contribution in [0.1, 0.15) is 44.2 Å². The Kier molecular flexibility index (Phi) is 6.45. The number of rotatable bonds is 5. The standard InChI is InChI=1S/C22H28ClN3O2/c23-20-14-24-17(12-15-4-6-18(27)7-5-15)13-19(20)21-2-1-3-22(26-21)25-16-8-10-28-11-9-16/h1-3,13-16,18,27H,4-12H2,(H,25,26). The van der Waals surface area contributed by atoms with E-state index >= 15 is 0 Å². The zero-order valence-electron chi connectivity index (χ0n) is 16.1. The van der Waals surface area contributed by atoms with Gasteiger partial charge in [-0.25, -0.2) is 4.98 Å². The highest BCUT2D eigenvalue weighted by Crippen LogP contribution is 2.31. The molecule has 2 aromatic rings. The Labute approximate surface area is 171 Å². The smallest absolute Gasteiger partial charge is 0.126 e. The lowest BCUT2D eigenvalue weighted by atomic mass is 9.84. The predicted molar refractivity (Wildman–Crippen MR) is 112 cm³/mol. The fourth-order valence-electron chi connectivity index (χ4n) is 4.15. The van der Waals surface area contributed by atoms with Crippen molar-refractivity contribution in [1.82, 2.24) is 9.97 Å². The molecule has 0 amide bonds. The second kappa shape index (κ2) is 9.21. The molecule has 1 aliphatic heterocycles. The van der Waals surface area contributed by atoms with Crippen molar-refractivity contribution in [3.8, 4) is 11.3 Å². The summed E-state index contributed by atoms with van der Waals surface area (Å²) >= 11 is 6.46. The van der Waals surface area contributed by atoms with Gasteiger partial charge in [0.25, 0.3) is 0 Å². The molecular weight excluding hydrogens is 374 g/mol. The molecule has 2 aromatic heterocycles. The maximum absolute atomic E-state index is 9.71. The van der Waals surface area contributed by atoms with E-state index in [4.69, 9.17) is 21.3 Å². The number of hydrogen-bond donors (Lipinski definition) is 2. The van der Waals surface area contributed by atoms with Gasteiger partial charge in [0.1, 0.15) is 5.82 Å². The van der Waals surface area contributed by atoms with Crippen LogP contribution in [-0.2, 0) is 11.2 Å². The summed E-state index contributed by atoms with van der Waals surface area (Å²) in [5.74, 6) is 1.46. The van der Waals surface area contributed by atoms with Crippen LogP contribution in [0, 0.1) is 5.92 Å². The van der Waals surface area contributed by atoms with Crippen LogP contribution in [-0.4, -0.2) is 40.4 Å². The van der Waals surface area contributed by atoms with Crippen LogP contribution in [0.2, 0.25) is 5.02 Å². The summed E-state index contributed by atoms with van der Waals surface area (Å²) in [6.07, 6.45) is 8.46. The van der Waals surface area contributed by atoms with Gasteiger partial charge in [0.05, 0.1) is 16.8 Å². The van der Waals surface area contributed by atoms with Crippen molar-refractivity contribution >= 4 is 17.4 Å². The van der Waals surface area contributed by atoms with Crippen molar-refractivity contribution in [3.63, 3.8) is 0 Å². The summed E-state index contributed by atoms with van der Waals surface area (Å²) in [4.78, 5) is 9.34. The van der Waals surface area contributed by atoms with Crippen LogP contribution >= 0.6 is 11.6 Å².